The van der Waals surface area contributed by atoms with Crippen LogP contribution in [0.3, 0.4) is 0 Å². The topological polar surface area (TPSA) is 29.5 Å². The molecule has 0 aliphatic carbocycles. The van der Waals surface area contributed by atoms with Crippen molar-refractivity contribution in [3.05, 3.63) is 58.7 Å². The van der Waals surface area contributed by atoms with Crippen LogP contribution in [0.2, 0.25) is 0 Å². The number of aryl methyl sites for hydroxylation is 1. The standard InChI is InChI=1S/C26H38O2/c1-20(2)9-6-10-21(3)11-7-12-22(4)13-8-17-26(5)18-16-23-19-24(27)14-15-25(23)28-26/h9,11,13-15,19,27H,6-8,10,12,16-18H2,1-5H3/t26-/m1/s1. The Morgan fingerprint density at radius 3 is 2.32 bits per heavy atom. The van der Waals surface area contributed by atoms with Crippen molar-refractivity contribution in [1.29, 1.82) is 0 Å². The summed E-state index contributed by atoms with van der Waals surface area (Å²) < 4.78 is 6.27. The molecular formula is C26H38O2. The highest BCUT2D eigenvalue weighted by Gasteiger charge is 2.30. The van der Waals surface area contributed by atoms with Gasteiger partial charge in [0.25, 0.3) is 0 Å². The average Bonchev–Trinajstić information content (AvgIpc) is 2.61. The molecule has 2 rings (SSSR count). The van der Waals surface area contributed by atoms with Crippen molar-refractivity contribution in [2.75, 3.05) is 0 Å². The smallest absolute Gasteiger partial charge is 0.123 e. The second kappa shape index (κ2) is 10.5. The van der Waals surface area contributed by atoms with Gasteiger partial charge in [0.05, 0.1) is 0 Å². The molecule has 2 nitrogen and oxygen atoms in total. The first-order valence-corrected chi connectivity index (χ1v) is 10.7. The van der Waals surface area contributed by atoms with Crippen LogP contribution in [-0.4, -0.2) is 10.7 Å². The molecule has 0 bridgehead atoms. The van der Waals surface area contributed by atoms with Crippen LogP contribution < -0.4 is 4.74 Å². The molecule has 1 atom stereocenters. The van der Waals surface area contributed by atoms with E-state index in [2.05, 4.69) is 52.8 Å². The van der Waals surface area contributed by atoms with E-state index in [4.69, 9.17) is 4.74 Å². The maximum atomic E-state index is 9.62. The highest BCUT2D eigenvalue weighted by Crippen LogP contribution is 2.37. The largest absolute Gasteiger partial charge is 0.508 e. The van der Waals surface area contributed by atoms with Crippen molar-refractivity contribution in [3.8, 4) is 11.5 Å². The highest BCUT2D eigenvalue weighted by atomic mass is 16.5. The van der Waals surface area contributed by atoms with Crippen LogP contribution in [-0.2, 0) is 6.42 Å². The molecule has 1 N–H and O–H groups in total. The van der Waals surface area contributed by atoms with Gasteiger partial charge in [-0.1, -0.05) is 34.9 Å². The normalized spacial score (nSPS) is 19.8. The lowest BCUT2D eigenvalue weighted by atomic mass is 9.88. The van der Waals surface area contributed by atoms with Crippen LogP contribution >= 0.6 is 0 Å². The number of hydrogen-bond donors (Lipinski definition) is 1. The van der Waals surface area contributed by atoms with E-state index in [0.29, 0.717) is 5.75 Å². The number of phenolic OH excluding ortho intramolecular Hbond substituents is 1. The van der Waals surface area contributed by atoms with Crippen LogP contribution in [0.15, 0.2) is 53.1 Å². The molecule has 0 radical (unpaired) electrons. The molecule has 2 heteroatoms. The van der Waals surface area contributed by atoms with Crippen molar-refractivity contribution in [3.63, 3.8) is 0 Å². The lowest BCUT2D eigenvalue weighted by Gasteiger charge is -2.35. The first-order chi connectivity index (χ1) is 13.3. The Morgan fingerprint density at radius 1 is 1.00 bits per heavy atom. The molecule has 1 aromatic rings. The fourth-order valence-corrected chi connectivity index (χ4v) is 3.72. The van der Waals surface area contributed by atoms with Gasteiger partial charge in [-0.15, -0.1) is 0 Å². The maximum absolute atomic E-state index is 9.62. The predicted octanol–water partition coefficient (Wildman–Crippen LogP) is 7.68. The molecule has 0 fully saturated rings. The summed E-state index contributed by atoms with van der Waals surface area (Å²) >= 11 is 0. The van der Waals surface area contributed by atoms with Gasteiger partial charge in [0.15, 0.2) is 0 Å². The summed E-state index contributed by atoms with van der Waals surface area (Å²) in [6, 6.07) is 5.44. The number of fused-ring (bicyclic) bond motifs is 1. The van der Waals surface area contributed by atoms with Crippen molar-refractivity contribution < 1.29 is 9.84 Å². The summed E-state index contributed by atoms with van der Waals surface area (Å²) in [6.07, 6.45) is 15.8. The second-order valence-electron chi connectivity index (χ2n) is 8.84. The van der Waals surface area contributed by atoms with Crippen LogP contribution in [0.1, 0.15) is 85.1 Å². The molecule has 154 valence electrons. The highest BCUT2D eigenvalue weighted by molar-refractivity contribution is 5.41. The van der Waals surface area contributed by atoms with Gasteiger partial charge < -0.3 is 9.84 Å². The Labute approximate surface area is 172 Å². The first-order valence-electron chi connectivity index (χ1n) is 10.7. The average molecular weight is 383 g/mol. The molecule has 0 saturated heterocycles. The number of rotatable bonds is 9. The van der Waals surface area contributed by atoms with E-state index in [9.17, 15) is 5.11 Å². The van der Waals surface area contributed by atoms with E-state index in [1.807, 2.05) is 12.1 Å². The zero-order chi connectivity index (χ0) is 20.6. The Balaban J connectivity index is 1.74. The van der Waals surface area contributed by atoms with Crippen LogP contribution in [0, 0.1) is 0 Å². The Bertz CT molecular complexity index is 735. The number of hydrogen-bond acceptors (Lipinski definition) is 2. The minimum absolute atomic E-state index is 0.109. The van der Waals surface area contributed by atoms with Gasteiger partial charge in [0, 0.05) is 0 Å². The van der Waals surface area contributed by atoms with Crippen molar-refractivity contribution >= 4 is 0 Å². The summed E-state index contributed by atoms with van der Waals surface area (Å²) in [5.74, 6) is 1.26. The first kappa shape index (κ1) is 22.3. The van der Waals surface area contributed by atoms with Crippen LogP contribution in [0.5, 0.6) is 11.5 Å². The third-order valence-corrected chi connectivity index (χ3v) is 5.61. The molecule has 0 amide bonds. The fraction of sp³-hybridized carbons (Fsp3) is 0.538. The summed E-state index contributed by atoms with van der Waals surface area (Å²) in [6.45, 7) is 11.0. The van der Waals surface area contributed by atoms with E-state index < -0.39 is 0 Å². The third-order valence-electron chi connectivity index (χ3n) is 5.61. The number of benzene rings is 1. The van der Waals surface area contributed by atoms with E-state index in [-0.39, 0.29) is 5.60 Å². The molecule has 0 aromatic heterocycles. The predicted molar refractivity (Wildman–Crippen MR) is 120 cm³/mol. The Hall–Kier alpha value is -1.96. The molecule has 1 aliphatic rings. The minimum Gasteiger partial charge on any atom is -0.508 e. The van der Waals surface area contributed by atoms with Gasteiger partial charge in [-0.05, 0) is 110 Å². The molecule has 28 heavy (non-hydrogen) atoms. The van der Waals surface area contributed by atoms with Gasteiger partial charge in [0.2, 0.25) is 0 Å². The van der Waals surface area contributed by atoms with Gasteiger partial charge in [-0.2, -0.15) is 0 Å². The van der Waals surface area contributed by atoms with E-state index >= 15 is 0 Å². The SMILES string of the molecule is CC(C)=CCCC(C)=CCCC(C)=CCC[C@]1(C)CCc2cc(O)ccc2O1. The summed E-state index contributed by atoms with van der Waals surface area (Å²) in [5, 5.41) is 9.62. The molecule has 0 unspecified atom stereocenters. The minimum atomic E-state index is -0.109. The quantitative estimate of drug-likeness (QED) is 0.444. The summed E-state index contributed by atoms with van der Waals surface area (Å²) in [5.41, 5.74) is 5.39. The summed E-state index contributed by atoms with van der Waals surface area (Å²) in [4.78, 5) is 0. The van der Waals surface area contributed by atoms with Gasteiger partial charge in [-0.3, -0.25) is 0 Å². The number of aromatic hydroxyl groups is 1. The second-order valence-corrected chi connectivity index (χ2v) is 8.84. The molecule has 1 heterocycles. The van der Waals surface area contributed by atoms with E-state index in [0.717, 1.165) is 56.3 Å². The zero-order valence-corrected chi connectivity index (χ0v) is 18.5. The number of allylic oxidation sites excluding steroid dienone is 6. The molecular weight excluding hydrogens is 344 g/mol. The zero-order valence-electron chi connectivity index (χ0n) is 18.5. The number of phenols is 1. The van der Waals surface area contributed by atoms with Crippen LogP contribution in [0.4, 0.5) is 0 Å². The van der Waals surface area contributed by atoms with Gasteiger partial charge in [0.1, 0.15) is 17.1 Å². The Kier molecular flexibility index (Phi) is 8.41. The lowest BCUT2D eigenvalue weighted by molar-refractivity contribution is 0.0570. The van der Waals surface area contributed by atoms with Gasteiger partial charge >= 0.3 is 0 Å². The van der Waals surface area contributed by atoms with Gasteiger partial charge in [-0.25, -0.2) is 0 Å². The van der Waals surface area contributed by atoms with Crippen molar-refractivity contribution in [2.24, 2.45) is 0 Å². The monoisotopic (exact) mass is 382 g/mol. The van der Waals surface area contributed by atoms with E-state index in [1.165, 1.54) is 23.1 Å². The summed E-state index contributed by atoms with van der Waals surface area (Å²) in [7, 11) is 0. The Morgan fingerprint density at radius 2 is 1.64 bits per heavy atom. The van der Waals surface area contributed by atoms with Crippen molar-refractivity contribution in [1.82, 2.24) is 0 Å². The maximum Gasteiger partial charge on any atom is 0.123 e. The molecule has 0 saturated carbocycles. The fourth-order valence-electron chi connectivity index (χ4n) is 3.72. The molecule has 0 spiro atoms. The molecule has 1 aliphatic heterocycles. The third kappa shape index (κ3) is 7.58. The number of ether oxygens (including phenoxy) is 1. The van der Waals surface area contributed by atoms with Crippen LogP contribution in [0.25, 0.3) is 0 Å². The van der Waals surface area contributed by atoms with Crippen molar-refractivity contribution in [2.45, 2.75) is 91.6 Å². The molecule has 1 aromatic carbocycles. The lowest BCUT2D eigenvalue weighted by Crippen LogP contribution is -2.36. The van der Waals surface area contributed by atoms with E-state index in [1.54, 1.807) is 6.07 Å².